The van der Waals surface area contributed by atoms with Crippen molar-refractivity contribution in [3.63, 3.8) is 0 Å². The van der Waals surface area contributed by atoms with Gasteiger partial charge in [0.25, 0.3) is 0 Å². The van der Waals surface area contributed by atoms with Crippen molar-refractivity contribution in [3.8, 4) is 6.07 Å². The Morgan fingerprint density at radius 3 is 2.75 bits per heavy atom. The van der Waals surface area contributed by atoms with Crippen LogP contribution in [-0.2, 0) is 0 Å². The summed E-state index contributed by atoms with van der Waals surface area (Å²) in [5, 5.41) is 9.04. The number of aromatic nitrogens is 2. The molecule has 0 radical (unpaired) electrons. The molecule has 0 aliphatic carbocycles. The van der Waals surface area contributed by atoms with Crippen molar-refractivity contribution >= 4 is 5.82 Å². The molecule has 0 atom stereocenters. The van der Waals surface area contributed by atoms with Gasteiger partial charge in [-0.15, -0.1) is 0 Å². The van der Waals surface area contributed by atoms with Crippen LogP contribution in [0.3, 0.4) is 0 Å². The largest absolute Gasteiger partial charge is 0.355 e. The summed E-state index contributed by atoms with van der Waals surface area (Å²) in [7, 11) is 0. The van der Waals surface area contributed by atoms with Crippen molar-refractivity contribution < 1.29 is 0 Å². The number of hydrogen-bond donors (Lipinski definition) is 0. The highest BCUT2D eigenvalue weighted by atomic mass is 15.2. The van der Waals surface area contributed by atoms with E-state index in [0.29, 0.717) is 5.56 Å². The number of rotatable bonds is 1. The third kappa shape index (κ3) is 2.13. The maximum atomic E-state index is 9.04. The summed E-state index contributed by atoms with van der Waals surface area (Å²) >= 11 is 0. The lowest BCUT2D eigenvalue weighted by molar-refractivity contribution is 0.436. The van der Waals surface area contributed by atoms with Crippen LogP contribution in [0.25, 0.3) is 0 Å². The van der Waals surface area contributed by atoms with Crippen LogP contribution in [0.4, 0.5) is 5.82 Å². The van der Waals surface area contributed by atoms with E-state index in [1.807, 2.05) is 6.92 Å². The molecule has 1 saturated heterocycles. The molecule has 4 heteroatoms. The average molecular weight is 216 g/mol. The van der Waals surface area contributed by atoms with Crippen LogP contribution in [0.15, 0.2) is 6.20 Å². The van der Waals surface area contributed by atoms with Crippen molar-refractivity contribution in [1.82, 2.24) is 9.97 Å². The van der Waals surface area contributed by atoms with E-state index in [4.69, 9.17) is 5.26 Å². The molecule has 1 aromatic heterocycles. The summed E-state index contributed by atoms with van der Waals surface area (Å²) < 4.78 is 0. The maximum Gasteiger partial charge on any atom is 0.150 e. The third-order valence-electron chi connectivity index (χ3n) is 3.09. The molecule has 0 aromatic carbocycles. The Hall–Kier alpha value is -1.63. The lowest BCUT2D eigenvalue weighted by Gasteiger charge is -2.31. The van der Waals surface area contributed by atoms with Gasteiger partial charge in [-0.05, 0) is 25.7 Å². The number of piperidine rings is 1. The predicted molar refractivity (Wildman–Crippen MR) is 62.1 cm³/mol. The van der Waals surface area contributed by atoms with Crippen LogP contribution >= 0.6 is 0 Å². The highest BCUT2D eigenvalue weighted by Gasteiger charge is 2.19. The zero-order chi connectivity index (χ0) is 11.5. The van der Waals surface area contributed by atoms with E-state index in [1.54, 1.807) is 6.20 Å². The Labute approximate surface area is 95.9 Å². The Bertz CT molecular complexity index is 414. The van der Waals surface area contributed by atoms with E-state index in [-0.39, 0.29) is 0 Å². The standard InChI is InChI=1S/C12H16N4/c1-9-3-5-16(6-4-9)12-11(7-13)8-14-10(2)15-12/h8-9H,3-6H2,1-2H3. The fraction of sp³-hybridized carbons (Fsp3) is 0.583. The van der Waals surface area contributed by atoms with E-state index < -0.39 is 0 Å². The summed E-state index contributed by atoms with van der Waals surface area (Å²) in [4.78, 5) is 10.6. The Morgan fingerprint density at radius 2 is 2.12 bits per heavy atom. The van der Waals surface area contributed by atoms with E-state index >= 15 is 0 Å². The lowest BCUT2D eigenvalue weighted by atomic mass is 9.99. The van der Waals surface area contributed by atoms with Crippen molar-refractivity contribution in [3.05, 3.63) is 17.6 Å². The normalized spacial score (nSPS) is 17.2. The van der Waals surface area contributed by atoms with Gasteiger partial charge in [-0.3, -0.25) is 0 Å². The second-order valence-corrected chi connectivity index (χ2v) is 4.44. The Balaban J connectivity index is 2.26. The molecule has 1 fully saturated rings. The van der Waals surface area contributed by atoms with Crippen LogP contribution in [-0.4, -0.2) is 23.1 Å². The van der Waals surface area contributed by atoms with Crippen LogP contribution in [0, 0.1) is 24.2 Å². The fourth-order valence-corrected chi connectivity index (χ4v) is 2.00. The minimum atomic E-state index is 0.583. The average Bonchev–Trinajstić information content (AvgIpc) is 2.30. The van der Waals surface area contributed by atoms with Crippen LogP contribution in [0.5, 0.6) is 0 Å². The Kier molecular flexibility index (Phi) is 3.04. The molecule has 4 nitrogen and oxygen atoms in total. The van der Waals surface area contributed by atoms with Gasteiger partial charge in [0.05, 0.1) is 6.20 Å². The zero-order valence-electron chi connectivity index (χ0n) is 9.77. The number of hydrogen-bond acceptors (Lipinski definition) is 4. The second-order valence-electron chi connectivity index (χ2n) is 4.44. The summed E-state index contributed by atoms with van der Waals surface area (Å²) in [6, 6.07) is 2.16. The number of aryl methyl sites for hydroxylation is 1. The number of nitrogens with zero attached hydrogens (tertiary/aromatic N) is 4. The van der Waals surface area contributed by atoms with Gasteiger partial charge in [0.1, 0.15) is 23.3 Å². The van der Waals surface area contributed by atoms with Crippen molar-refractivity contribution in [2.24, 2.45) is 5.92 Å². The Morgan fingerprint density at radius 1 is 1.44 bits per heavy atom. The van der Waals surface area contributed by atoms with Gasteiger partial charge in [-0.25, -0.2) is 9.97 Å². The monoisotopic (exact) mass is 216 g/mol. The highest BCUT2D eigenvalue weighted by Crippen LogP contribution is 2.23. The second kappa shape index (κ2) is 4.48. The first-order valence-corrected chi connectivity index (χ1v) is 5.69. The van der Waals surface area contributed by atoms with E-state index in [0.717, 1.165) is 30.6 Å². The van der Waals surface area contributed by atoms with Gasteiger partial charge in [0, 0.05) is 13.1 Å². The molecular weight excluding hydrogens is 200 g/mol. The van der Waals surface area contributed by atoms with Crippen LogP contribution in [0.2, 0.25) is 0 Å². The summed E-state index contributed by atoms with van der Waals surface area (Å²) in [6.07, 6.45) is 3.97. The first-order valence-electron chi connectivity index (χ1n) is 5.69. The van der Waals surface area contributed by atoms with E-state index in [9.17, 15) is 0 Å². The molecule has 16 heavy (non-hydrogen) atoms. The van der Waals surface area contributed by atoms with Crippen molar-refractivity contribution in [2.75, 3.05) is 18.0 Å². The van der Waals surface area contributed by atoms with Gasteiger partial charge in [-0.1, -0.05) is 6.92 Å². The molecule has 1 aliphatic rings. The summed E-state index contributed by atoms with van der Waals surface area (Å²) in [6.45, 7) is 6.11. The van der Waals surface area contributed by atoms with Crippen molar-refractivity contribution in [2.45, 2.75) is 26.7 Å². The first kappa shape index (κ1) is 10.9. The molecule has 0 bridgehead atoms. The molecule has 1 aliphatic heterocycles. The molecule has 2 rings (SSSR count). The molecule has 0 amide bonds. The smallest absolute Gasteiger partial charge is 0.150 e. The summed E-state index contributed by atoms with van der Waals surface area (Å²) in [5.74, 6) is 2.32. The maximum absolute atomic E-state index is 9.04. The molecule has 1 aromatic rings. The van der Waals surface area contributed by atoms with Gasteiger partial charge >= 0.3 is 0 Å². The number of nitriles is 1. The first-order chi connectivity index (χ1) is 7.70. The SMILES string of the molecule is Cc1ncc(C#N)c(N2CCC(C)CC2)n1. The van der Waals surface area contributed by atoms with E-state index in [1.165, 1.54) is 12.8 Å². The zero-order valence-corrected chi connectivity index (χ0v) is 9.77. The predicted octanol–water partition coefficient (Wildman–Crippen LogP) is 1.89. The topological polar surface area (TPSA) is 52.8 Å². The summed E-state index contributed by atoms with van der Waals surface area (Å²) in [5.41, 5.74) is 0.583. The molecule has 84 valence electrons. The van der Waals surface area contributed by atoms with Gasteiger partial charge in [0.15, 0.2) is 0 Å². The lowest BCUT2D eigenvalue weighted by Crippen LogP contribution is -2.34. The molecule has 0 N–H and O–H groups in total. The minimum Gasteiger partial charge on any atom is -0.355 e. The van der Waals surface area contributed by atoms with E-state index in [2.05, 4.69) is 27.9 Å². The van der Waals surface area contributed by atoms with Gasteiger partial charge in [-0.2, -0.15) is 5.26 Å². The van der Waals surface area contributed by atoms with Crippen LogP contribution < -0.4 is 4.90 Å². The third-order valence-corrected chi connectivity index (χ3v) is 3.09. The molecule has 0 saturated carbocycles. The highest BCUT2D eigenvalue weighted by molar-refractivity contribution is 5.52. The van der Waals surface area contributed by atoms with Gasteiger partial charge < -0.3 is 4.90 Å². The molecule has 0 unspecified atom stereocenters. The van der Waals surface area contributed by atoms with Crippen LogP contribution in [0.1, 0.15) is 31.2 Å². The quantitative estimate of drug-likeness (QED) is 0.719. The molecule has 2 heterocycles. The molecule has 0 spiro atoms. The van der Waals surface area contributed by atoms with Gasteiger partial charge in [0.2, 0.25) is 0 Å². The minimum absolute atomic E-state index is 0.583. The molecular formula is C12H16N4. The number of anilines is 1. The van der Waals surface area contributed by atoms with Crippen molar-refractivity contribution in [1.29, 1.82) is 5.26 Å². The fourth-order valence-electron chi connectivity index (χ4n) is 2.00.